The van der Waals surface area contributed by atoms with E-state index < -0.39 is 26.5 Å². The molecule has 4 N–H and O–H groups in total. The molecule has 0 aliphatic heterocycles. The lowest BCUT2D eigenvalue weighted by Crippen LogP contribution is -2.23. The number of aliphatic hydroxyl groups is 1. The molecule has 0 heterocycles. The first-order chi connectivity index (χ1) is 17.4. The molecule has 0 spiro atoms. The molecule has 9 heteroatoms. The summed E-state index contributed by atoms with van der Waals surface area (Å²) in [5.74, 6) is -0.472. The summed E-state index contributed by atoms with van der Waals surface area (Å²) in [6.45, 7) is 1.21. The van der Waals surface area contributed by atoms with E-state index in [0.29, 0.717) is 6.42 Å². The molecule has 0 saturated carbocycles. The highest BCUT2D eigenvalue weighted by atomic mass is 31.2. The van der Waals surface area contributed by atoms with Crippen LogP contribution in [0.5, 0.6) is 0 Å². The lowest BCUT2D eigenvalue weighted by Gasteiger charge is -2.15. The highest BCUT2D eigenvalue weighted by molar-refractivity contribution is 7.47. The van der Waals surface area contributed by atoms with Crippen molar-refractivity contribution in [2.75, 3.05) is 26.4 Å². The highest BCUT2D eigenvalue weighted by Gasteiger charge is 2.22. The van der Waals surface area contributed by atoms with E-state index >= 15 is 0 Å². The van der Waals surface area contributed by atoms with E-state index in [0.717, 1.165) is 38.5 Å². The van der Waals surface area contributed by atoms with E-state index in [9.17, 15) is 19.4 Å². The van der Waals surface area contributed by atoms with Crippen molar-refractivity contribution in [3.8, 4) is 0 Å². The molecule has 0 saturated heterocycles. The zero-order valence-electron chi connectivity index (χ0n) is 21.5. The summed E-state index contributed by atoms with van der Waals surface area (Å²) in [4.78, 5) is 21.0. The SMILES string of the molecule is CC/C=C\C/C=C\C/C=C\C/C=C\C/C=C\C/C=C\CCC(=O)OCC(O)COP(=O)(O)OCCN. The molecule has 0 aliphatic carbocycles. The van der Waals surface area contributed by atoms with Crippen LogP contribution < -0.4 is 5.73 Å². The number of ether oxygens (including phenoxy) is 1. The van der Waals surface area contributed by atoms with Crippen LogP contribution in [0.2, 0.25) is 0 Å². The van der Waals surface area contributed by atoms with Crippen molar-refractivity contribution in [1.29, 1.82) is 0 Å². The number of esters is 1. The van der Waals surface area contributed by atoms with Gasteiger partial charge in [-0.1, -0.05) is 79.8 Å². The quantitative estimate of drug-likeness (QED) is 0.0966. The van der Waals surface area contributed by atoms with Crippen LogP contribution in [-0.2, 0) is 23.1 Å². The highest BCUT2D eigenvalue weighted by Crippen LogP contribution is 2.42. The Morgan fingerprint density at radius 3 is 1.75 bits per heavy atom. The fraction of sp³-hybridized carbons (Fsp3) is 0.519. The molecule has 0 fully saturated rings. The van der Waals surface area contributed by atoms with Crippen LogP contribution in [0.15, 0.2) is 72.9 Å². The zero-order valence-corrected chi connectivity index (χ0v) is 22.3. The molecule has 0 aliphatic rings. The molecule has 0 bridgehead atoms. The van der Waals surface area contributed by atoms with Gasteiger partial charge in [0.05, 0.1) is 13.2 Å². The summed E-state index contributed by atoms with van der Waals surface area (Å²) in [5, 5.41) is 9.67. The van der Waals surface area contributed by atoms with Gasteiger partial charge in [-0.15, -0.1) is 0 Å². The minimum Gasteiger partial charge on any atom is -0.463 e. The number of hydrogen-bond donors (Lipinski definition) is 3. The predicted octanol–water partition coefficient (Wildman–Crippen LogP) is 5.46. The number of nitrogens with two attached hydrogens (primary N) is 1. The molecular weight excluding hydrogens is 481 g/mol. The molecule has 204 valence electrons. The first kappa shape index (κ1) is 33.9. The van der Waals surface area contributed by atoms with Gasteiger partial charge in [0.2, 0.25) is 0 Å². The Labute approximate surface area is 216 Å². The van der Waals surface area contributed by atoms with E-state index in [1.807, 2.05) is 12.2 Å². The lowest BCUT2D eigenvalue weighted by atomic mass is 10.2. The van der Waals surface area contributed by atoms with E-state index in [2.05, 4.69) is 76.7 Å². The monoisotopic (exact) mass is 525 g/mol. The van der Waals surface area contributed by atoms with Crippen molar-refractivity contribution in [2.45, 2.75) is 64.4 Å². The Balaban J connectivity index is 3.74. The topological polar surface area (TPSA) is 128 Å². The van der Waals surface area contributed by atoms with Crippen LogP contribution in [0, 0.1) is 0 Å². The molecular formula is C27H44NO7P. The maximum Gasteiger partial charge on any atom is 0.472 e. The number of carbonyl (C=O) groups is 1. The van der Waals surface area contributed by atoms with Gasteiger partial charge in [0.15, 0.2) is 0 Å². The molecule has 2 atom stereocenters. The van der Waals surface area contributed by atoms with Crippen LogP contribution in [0.3, 0.4) is 0 Å². The maximum absolute atomic E-state index is 11.7. The summed E-state index contributed by atoms with van der Waals surface area (Å²) >= 11 is 0. The largest absolute Gasteiger partial charge is 0.472 e. The standard InChI is InChI=1S/C27H44NO7P/c1-2-3-4-5-6-7-8-9-10-11-12-13-14-15-16-17-18-19-20-21-27(30)33-24-26(29)25-35-36(31,32)34-23-22-28/h3-4,6-7,9-10,12-13,15-16,18-19,26,29H,2,5,8,11,14,17,20-25,28H2,1H3,(H,31,32)/b4-3-,7-6-,10-9-,13-12-,16-15-,19-18-. The molecule has 0 aromatic rings. The second-order valence-corrected chi connectivity index (χ2v) is 9.13. The van der Waals surface area contributed by atoms with Crippen molar-refractivity contribution in [3.63, 3.8) is 0 Å². The van der Waals surface area contributed by atoms with Crippen LogP contribution in [0.1, 0.15) is 58.3 Å². The summed E-state index contributed by atoms with van der Waals surface area (Å²) in [6, 6.07) is 0. The number of phosphoric ester groups is 1. The van der Waals surface area contributed by atoms with E-state index in [1.165, 1.54) is 0 Å². The molecule has 0 amide bonds. The molecule has 0 radical (unpaired) electrons. The zero-order chi connectivity index (χ0) is 26.7. The van der Waals surface area contributed by atoms with Gasteiger partial charge < -0.3 is 20.5 Å². The fourth-order valence-corrected chi connectivity index (χ4v) is 3.31. The number of phosphoric acid groups is 1. The molecule has 0 aromatic carbocycles. The fourth-order valence-electron chi connectivity index (χ4n) is 2.54. The van der Waals surface area contributed by atoms with Gasteiger partial charge in [0.1, 0.15) is 12.7 Å². The van der Waals surface area contributed by atoms with Crippen LogP contribution in [0.4, 0.5) is 0 Å². The van der Waals surface area contributed by atoms with Gasteiger partial charge in [-0.2, -0.15) is 0 Å². The first-order valence-electron chi connectivity index (χ1n) is 12.5. The third-order valence-corrected chi connectivity index (χ3v) is 5.33. The van der Waals surface area contributed by atoms with Crippen molar-refractivity contribution in [1.82, 2.24) is 0 Å². The van der Waals surface area contributed by atoms with Gasteiger partial charge in [-0.3, -0.25) is 13.8 Å². The summed E-state index contributed by atoms with van der Waals surface area (Å²) < 4.78 is 25.5. The van der Waals surface area contributed by atoms with Gasteiger partial charge in [0, 0.05) is 13.0 Å². The minimum absolute atomic E-state index is 0.0604. The number of rotatable bonds is 22. The van der Waals surface area contributed by atoms with Crippen molar-refractivity contribution in [3.05, 3.63) is 72.9 Å². The minimum atomic E-state index is -4.27. The number of carbonyl (C=O) groups excluding carboxylic acids is 1. The third kappa shape index (κ3) is 25.0. The predicted molar refractivity (Wildman–Crippen MR) is 145 cm³/mol. The van der Waals surface area contributed by atoms with Gasteiger partial charge >= 0.3 is 13.8 Å². The Bertz CT molecular complexity index is 772. The van der Waals surface area contributed by atoms with E-state index in [-0.39, 0.29) is 26.2 Å². The Hall–Kier alpha value is -2.06. The van der Waals surface area contributed by atoms with Gasteiger partial charge in [-0.05, 0) is 44.9 Å². The number of aliphatic hydroxyl groups excluding tert-OH is 1. The Morgan fingerprint density at radius 2 is 1.28 bits per heavy atom. The average Bonchev–Trinajstić information content (AvgIpc) is 2.86. The molecule has 36 heavy (non-hydrogen) atoms. The molecule has 0 rings (SSSR count). The summed E-state index contributed by atoms with van der Waals surface area (Å²) in [7, 11) is -4.27. The van der Waals surface area contributed by atoms with Crippen molar-refractivity contribution >= 4 is 13.8 Å². The average molecular weight is 526 g/mol. The second kappa shape index (κ2) is 24.6. The first-order valence-corrected chi connectivity index (χ1v) is 14.0. The van der Waals surface area contributed by atoms with E-state index in [1.54, 1.807) is 0 Å². The summed E-state index contributed by atoms with van der Waals surface area (Å²) in [5.41, 5.74) is 5.16. The van der Waals surface area contributed by atoms with Crippen molar-refractivity contribution in [2.24, 2.45) is 5.73 Å². The number of allylic oxidation sites excluding steroid dienone is 12. The second-order valence-electron chi connectivity index (χ2n) is 7.68. The molecule has 8 nitrogen and oxygen atoms in total. The smallest absolute Gasteiger partial charge is 0.463 e. The van der Waals surface area contributed by atoms with Gasteiger partial charge in [0.25, 0.3) is 0 Å². The Morgan fingerprint density at radius 1 is 0.806 bits per heavy atom. The lowest BCUT2D eigenvalue weighted by molar-refractivity contribution is -0.147. The van der Waals surface area contributed by atoms with Crippen LogP contribution in [-0.4, -0.2) is 48.4 Å². The maximum atomic E-state index is 11.7. The van der Waals surface area contributed by atoms with Crippen LogP contribution >= 0.6 is 7.82 Å². The normalized spacial score (nSPS) is 15.3. The van der Waals surface area contributed by atoms with Crippen molar-refractivity contribution < 1.29 is 33.1 Å². The summed E-state index contributed by atoms with van der Waals surface area (Å²) in [6.07, 6.45) is 30.5. The van der Waals surface area contributed by atoms with Gasteiger partial charge in [-0.25, -0.2) is 4.57 Å². The molecule has 0 aromatic heterocycles. The number of hydrogen-bond acceptors (Lipinski definition) is 7. The van der Waals surface area contributed by atoms with E-state index in [4.69, 9.17) is 10.5 Å². The molecule has 2 unspecified atom stereocenters. The Kier molecular flexibility index (Phi) is 23.2. The third-order valence-electron chi connectivity index (χ3n) is 4.35. The van der Waals surface area contributed by atoms with Crippen LogP contribution in [0.25, 0.3) is 0 Å².